The number of nitrogens with zero attached hydrogens (tertiary/aromatic N) is 9. The van der Waals surface area contributed by atoms with Crippen LogP contribution in [-0.4, -0.2) is 122 Å². The Labute approximate surface area is 640 Å². The predicted molar refractivity (Wildman–Crippen MR) is 381 cm³/mol. The molecule has 5 aromatic heterocycles. The second-order valence-electron chi connectivity index (χ2n) is 24.3. The molecule has 12 rings (SSSR count). The van der Waals surface area contributed by atoms with Crippen LogP contribution in [0.1, 0.15) is 156 Å². The van der Waals surface area contributed by atoms with Gasteiger partial charge in [-0.2, -0.15) is 132 Å². The lowest BCUT2D eigenvalue weighted by Crippen LogP contribution is -2.19. The lowest BCUT2D eigenvalue weighted by molar-refractivity contribution is -0.145. The lowest BCUT2D eigenvalue weighted by atomic mass is 9.86. The van der Waals surface area contributed by atoms with Gasteiger partial charge in [-0.1, -0.05) is 12.1 Å². The highest BCUT2D eigenvalue weighted by molar-refractivity contribution is 8.00. The van der Waals surface area contributed by atoms with Gasteiger partial charge in [0.2, 0.25) is 0 Å². The van der Waals surface area contributed by atoms with E-state index in [2.05, 4.69) is 34.9 Å². The first-order valence-electron chi connectivity index (χ1n) is 33.1. The van der Waals surface area contributed by atoms with Gasteiger partial charge in [-0.15, -0.1) is 0 Å². The molecule has 0 radical (unpaired) electrons. The van der Waals surface area contributed by atoms with Gasteiger partial charge in [-0.3, -0.25) is 62.1 Å². The number of Topliss-reactive ketones (excluding diaryl/α,β-unsaturated/α-hetero) is 5. The first-order valence-corrected chi connectivity index (χ1v) is 38.9. The summed E-state index contributed by atoms with van der Waals surface area (Å²) in [6.45, 7) is 9.24. The summed E-state index contributed by atoms with van der Waals surface area (Å²) < 4.78 is 210. The maximum absolute atomic E-state index is 14.2. The van der Waals surface area contributed by atoms with Crippen molar-refractivity contribution in [3.63, 3.8) is 0 Å². The number of ketones is 5. The smallest absolute Gasteiger partial charge is 0.435 e. The van der Waals surface area contributed by atoms with Crippen LogP contribution in [0.4, 0.5) is 65.9 Å². The number of alkyl halides is 12. The Balaban J connectivity index is 0.000000229. The van der Waals surface area contributed by atoms with Crippen molar-refractivity contribution in [1.82, 2.24) is 44.1 Å². The van der Waals surface area contributed by atoms with Crippen LogP contribution >= 0.6 is 58.8 Å². The number of nitrogens with two attached hydrogens (primary N) is 2. The standard InChI is InChI=1S/C29H22F6N4O2S.3C9H9F3N2OS.C5H11NO2.C4H8O2.C4H6OS/c30-18-7-15(8-19(31)11-18)6-17(9-20(40)12-39-25-14-42-13-23(25)27(38-39)29(33,34)35)26-21(2-1-5-37-26)16-3-4-24(32)22(10-16)28(36)41;2*1-5(15)2-14-7-4-16-3-6(7)8(13-14)9(10,11)12;1-5(15)2-14-8(9(10,11)12)6-3-16-4-7(6)13-14;1-2-8-5(7)3-4-6;1-3-6-4(2)5;5-4-1-2-6-3-4/h1-5,7-8,10-11,17H,6,9,12-14H2,(H2,36,41);3*2-4H2,1H3;2-4,6H2,1H3;3H2,1-2H3;1-3H2/t17-;;;;;;/m1....../s1. The molecule has 600 valence electrons. The number of amides is 1. The molecule has 1 amide bonds. The summed E-state index contributed by atoms with van der Waals surface area (Å²) in [5, 5.41) is 14.5. The van der Waals surface area contributed by atoms with Gasteiger partial charge in [-0.05, 0) is 82.5 Å². The molecule has 7 aromatic rings. The maximum atomic E-state index is 14.2. The van der Waals surface area contributed by atoms with Crippen LogP contribution in [-0.2, 0) is 146 Å². The van der Waals surface area contributed by atoms with E-state index in [4.69, 9.17) is 11.5 Å². The van der Waals surface area contributed by atoms with Crippen LogP contribution in [0, 0.1) is 17.5 Å². The molecule has 0 saturated carbocycles. The van der Waals surface area contributed by atoms with Crippen LogP contribution in [0.15, 0.2) is 54.7 Å². The average Bonchev–Trinajstić information content (AvgIpc) is 0.895. The van der Waals surface area contributed by atoms with Gasteiger partial charge in [0.05, 0.1) is 85.6 Å². The summed E-state index contributed by atoms with van der Waals surface area (Å²) in [7, 11) is 0. The number of halogens is 15. The molecule has 0 aliphatic carbocycles. The summed E-state index contributed by atoms with van der Waals surface area (Å²) >= 11 is 7.24. The zero-order valence-electron chi connectivity index (χ0n) is 59.6. The highest BCUT2D eigenvalue weighted by atomic mass is 32.2. The van der Waals surface area contributed by atoms with Gasteiger partial charge in [-0.25, -0.2) is 13.2 Å². The molecule has 0 spiro atoms. The molecule has 2 aromatic carbocycles. The molecule has 1 fully saturated rings. The topological polar surface area (TPSA) is 291 Å². The van der Waals surface area contributed by atoms with E-state index in [0.29, 0.717) is 112 Å². The number of rotatable bonds is 19. The number of hydrogen-bond donors (Lipinski definition) is 2. The Hall–Kier alpha value is -8.15. The number of aromatic nitrogens is 9. The van der Waals surface area contributed by atoms with Crippen LogP contribution < -0.4 is 11.5 Å². The summed E-state index contributed by atoms with van der Waals surface area (Å²) in [6, 6.07) is 9.82. The molecule has 5 aliphatic heterocycles. The van der Waals surface area contributed by atoms with Crippen LogP contribution in [0.2, 0.25) is 0 Å². The van der Waals surface area contributed by atoms with Crippen molar-refractivity contribution in [3.8, 4) is 11.1 Å². The number of fused-ring (bicyclic) bond motifs is 4. The largest absolute Gasteiger partial charge is 0.466 e. The Morgan fingerprint density at radius 2 is 1.03 bits per heavy atom. The molecule has 5 aliphatic rings. The fraction of sp³-hybridized carbons (Fsp3) is 0.464. The number of benzene rings is 2. The second-order valence-corrected chi connectivity index (χ2v) is 29.4. The quantitative estimate of drug-likeness (QED) is 0.0561. The van der Waals surface area contributed by atoms with E-state index in [1.807, 2.05) is 0 Å². The summed E-state index contributed by atoms with van der Waals surface area (Å²) in [5.74, 6) is -0.853. The van der Waals surface area contributed by atoms with Crippen molar-refractivity contribution >= 4 is 106 Å². The number of carbonyl (C=O) groups excluding carboxylic acids is 8. The Bertz CT molecular complexity index is 4320. The fourth-order valence-corrected chi connectivity index (χ4v) is 16.5. The number of ether oxygens (including phenoxy) is 2. The minimum atomic E-state index is -4.67. The minimum absolute atomic E-state index is 0.0562. The third kappa shape index (κ3) is 26.5. The zero-order chi connectivity index (χ0) is 81.8. The van der Waals surface area contributed by atoms with E-state index in [1.165, 1.54) is 102 Å². The SMILES string of the molecule is CC(=O)Cn1nc(C(F)(F)F)c2c1CSC2.CC(=O)Cn1nc(C(F)(F)F)c2c1CSC2.CC(=O)Cn1nc2c(c1C(F)(F)F)CSC2.CCOC(=O)CCN.CCOC(C)=O.NC(=O)c1cc(-c2cccnc2[C@@H](CC(=O)Cn2nc(C(F)(F)F)c3c2CSC3)Cc2cc(F)cc(F)c2)ccc1F.O=C1CCSC1. The highest BCUT2D eigenvalue weighted by Gasteiger charge is 2.44. The zero-order valence-corrected chi connectivity index (χ0v) is 63.7. The predicted octanol–water partition coefficient (Wildman–Crippen LogP) is 14.1. The molecule has 0 bridgehead atoms. The van der Waals surface area contributed by atoms with Crippen molar-refractivity contribution in [2.75, 3.05) is 31.3 Å². The number of hydrogen-bond acceptors (Lipinski definition) is 21. The monoisotopic (exact) mass is 1660 g/mol. The Kier molecular flexibility index (Phi) is 33.7. The summed E-state index contributed by atoms with van der Waals surface area (Å²) in [5.41, 5.74) is 10.4. The minimum Gasteiger partial charge on any atom is -0.466 e. The average molecular weight is 1660 g/mol. The Morgan fingerprint density at radius 1 is 0.555 bits per heavy atom. The van der Waals surface area contributed by atoms with Gasteiger partial charge in [0.15, 0.2) is 40.2 Å². The van der Waals surface area contributed by atoms with E-state index in [-0.39, 0.29) is 107 Å². The van der Waals surface area contributed by atoms with E-state index in [0.717, 1.165) is 45.5 Å². The number of carbonyl (C=O) groups is 8. The molecule has 110 heavy (non-hydrogen) atoms. The molecule has 0 unspecified atom stereocenters. The fourth-order valence-electron chi connectivity index (χ4n) is 11.1. The third-order valence-electron chi connectivity index (χ3n) is 15.5. The third-order valence-corrected chi connectivity index (χ3v) is 20.4. The van der Waals surface area contributed by atoms with E-state index >= 15 is 0 Å². The molecule has 1 saturated heterocycles. The molecular weight excluding hydrogens is 1590 g/mol. The summed E-state index contributed by atoms with van der Waals surface area (Å²) in [4.78, 5) is 92.7. The molecule has 10 heterocycles. The van der Waals surface area contributed by atoms with Gasteiger partial charge in [0.1, 0.15) is 28.9 Å². The molecule has 4 N–H and O–H groups in total. The van der Waals surface area contributed by atoms with Gasteiger partial charge in [0, 0.05) is 124 Å². The van der Waals surface area contributed by atoms with Crippen LogP contribution in [0.5, 0.6) is 0 Å². The Morgan fingerprint density at radius 3 is 1.43 bits per heavy atom. The van der Waals surface area contributed by atoms with Crippen molar-refractivity contribution in [2.24, 2.45) is 11.5 Å². The molecule has 41 heteroatoms. The molecular formula is C69H74F15N11O10S5. The van der Waals surface area contributed by atoms with E-state index in [9.17, 15) is 104 Å². The summed E-state index contributed by atoms with van der Waals surface area (Å²) in [6.07, 6.45) is -15.7. The van der Waals surface area contributed by atoms with E-state index < -0.39 is 89.1 Å². The number of primary amides is 1. The normalized spacial score (nSPS) is 14.1. The van der Waals surface area contributed by atoms with Gasteiger partial charge >= 0.3 is 36.6 Å². The van der Waals surface area contributed by atoms with Crippen molar-refractivity contribution in [1.29, 1.82) is 0 Å². The second kappa shape index (κ2) is 40.9. The van der Waals surface area contributed by atoms with Gasteiger partial charge in [0.25, 0.3) is 5.91 Å². The number of pyridine rings is 1. The van der Waals surface area contributed by atoms with Crippen LogP contribution in [0.3, 0.4) is 0 Å². The molecule has 21 nitrogen and oxygen atoms in total. The van der Waals surface area contributed by atoms with Crippen molar-refractivity contribution in [2.45, 2.75) is 170 Å². The van der Waals surface area contributed by atoms with E-state index in [1.54, 1.807) is 37.7 Å². The highest BCUT2D eigenvalue weighted by Crippen LogP contribution is 2.44. The number of thioether (sulfide) groups is 5. The first-order chi connectivity index (χ1) is 51.6. The lowest BCUT2D eigenvalue weighted by Gasteiger charge is -2.20. The number of esters is 2. The van der Waals surface area contributed by atoms with Crippen molar-refractivity contribution < 1.29 is 114 Å². The van der Waals surface area contributed by atoms with Crippen LogP contribution in [0.25, 0.3) is 11.1 Å². The first kappa shape index (κ1) is 90.7. The van der Waals surface area contributed by atoms with Crippen molar-refractivity contribution in [3.05, 3.63) is 157 Å². The van der Waals surface area contributed by atoms with Gasteiger partial charge < -0.3 is 20.9 Å². The maximum Gasteiger partial charge on any atom is 0.435 e. The molecule has 1 atom stereocenters.